The molecule has 2 atom stereocenters. The average molecular weight is 463 g/mol. The molecule has 2 aromatic carbocycles. The van der Waals surface area contributed by atoms with Crippen molar-refractivity contribution in [1.82, 2.24) is 10.2 Å². The Bertz CT molecular complexity index is 1060. The van der Waals surface area contributed by atoms with Crippen LogP contribution >= 0.6 is 0 Å². The lowest BCUT2D eigenvalue weighted by molar-refractivity contribution is -0.151. The van der Waals surface area contributed by atoms with Gasteiger partial charge in [0.1, 0.15) is 12.6 Å². The predicted octanol–water partition coefficient (Wildman–Crippen LogP) is 3.87. The predicted molar refractivity (Wildman–Crippen MR) is 126 cm³/mol. The van der Waals surface area contributed by atoms with Crippen molar-refractivity contribution < 1.29 is 24.2 Å². The summed E-state index contributed by atoms with van der Waals surface area (Å²) in [6.45, 7) is 2.71. The van der Waals surface area contributed by atoms with Gasteiger partial charge in [-0.3, -0.25) is 9.59 Å². The van der Waals surface area contributed by atoms with Gasteiger partial charge in [-0.05, 0) is 34.6 Å². The number of amides is 2. The van der Waals surface area contributed by atoms with Crippen molar-refractivity contribution in [3.63, 3.8) is 0 Å². The standard InChI is InChI=1S/C27H30N2O5/c1-16(26(31)32)18-13-29(14-18)25(30)24(12-17-10-11-17)28-27(33)34-15-23-21-8-4-2-6-19(21)20-7-3-5-9-22(20)23/h2-9,16-18,23-24H,10-15H2,1H3,(H,28,33)(H,31,32). The third-order valence-electron chi connectivity index (χ3n) is 7.52. The first-order chi connectivity index (χ1) is 16.4. The molecule has 2 aliphatic carbocycles. The molecule has 34 heavy (non-hydrogen) atoms. The lowest BCUT2D eigenvalue weighted by Crippen LogP contribution is -2.59. The molecule has 2 amide bonds. The summed E-state index contributed by atoms with van der Waals surface area (Å²) in [6, 6.07) is 15.7. The van der Waals surface area contributed by atoms with Gasteiger partial charge in [-0.15, -0.1) is 0 Å². The molecule has 0 bridgehead atoms. The number of carboxylic acid groups (broad SMARTS) is 1. The van der Waals surface area contributed by atoms with Crippen molar-refractivity contribution in [1.29, 1.82) is 0 Å². The van der Waals surface area contributed by atoms with E-state index in [9.17, 15) is 19.5 Å². The second kappa shape index (κ2) is 9.12. The molecule has 178 valence electrons. The van der Waals surface area contributed by atoms with Crippen LogP contribution < -0.4 is 5.32 Å². The van der Waals surface area contributed by atoms with Crippen LogP contribution in [0, 0.1) is 17.8 Å². The Hall–Kier alpha value is -3.35. The van der Waals surface area contributed by atoms with Crippen molar-refractivity contribution in [2.24, 2.45) is 17.8 Å². The number of alkyl carbamates (subject to hydrolysis) is 1. The van der Waals surface area contributed by atoms with Crippen LogP contribution in [0.3, 0.4) is 0 Å². The van der Waals surface area contributed by atoms with Crippen LogP contribution in [0.1, 0.15) is 43.2 Å². The van der Waals surface area contributed by atoms with Gasteiger partial charge in [0.05, 0.1) is 5.92 Å². The fourth-order valence-corrected chi connectivity index (χ4v) is 5.12. The molecule has 2 N–H and O–H groups in total. The van der Waals surface area contributed by atoms with Crippen LogP contribution in [0.25, 0.3) is 11.1 Å². The maximum absolute atomic E-state index is 13.1. The highest BCUT2D eigenvalue weighted by atomic mass is 16.5. The minimum Gasteiger partial charge on any atom is -0.481 e. The number of ether oxygens (including phenoxy) is 1. The number of hydrogen-bond acceptors (Lipinski definition) is 4. The maximum atomic E-state index is 13.1. The summed E-state index contributed by atoms with van der Waals surface area (Å²) < 4.78 is 5.65. The van der Waals surface area contributed by atoms with Gasteiger partial charge in [0.25, 0.3) is 0 Å². The highest BCUT2D eigenvalue weighted by Gasteiger charge is 2.41. The zero-order valence-corrected chi connectivity index (χ0v) is 19.3. The third-order valence-corrected chi connectivity index (χ3v) is 7.52. The lowest BCUT2D eigenvalue weighted by atomic mass is 9.86. The normalized spacial score (nSPS) is 18.9. The zero-order valence-electron chi connectivity index (χ0n) is 19.3. The monoisotopic (exact) mass is 462 g/mol. The van der Waals surface area contributed by atoms with Crippen LogP contribution in [0.15, 0.2) is 48.5 Å². The third kappa shape index (κ3) is 4.39. The lowest BCUT2D eigenvalue weighted by Gasteiger charge is -2.42. The molecule has 0 aromatic heterocycles. The fourth-order valence-electron chi connectivity index (χ4n) is 5.12. The summed E-state index contributed by atoms with van der Waals surface area (Å²) in [5, 5.41) is 12.0. The first-order valence-corrected chi connectivity index (χ1v) is 12.1. The van der Waals surface area contributed by atoms with E-state index in [0.29, 0.717) is 25.4 Å². The molecule has 5 rings (SSSR count). The number of carboxylic acids is 1. The number of aliphatic carboxylic acids is 1. The minimum absolute atomic E-state index is 0.0376. The molecule has 1 aliphatic heterocycles. The van der Waals surface area contributed by atoms with Crippen molar-refractivity contribution in [2.75, 3.05) is 19.7 Å². The van der Waals surface area contributed by atoms with Crippen molar-refractivity contribution in [3.05, 3.63) is 59.7 Å². The molecule has 1 heterocycles. The number of carbonyl (C=O) groups is 3. The first kappa shape index (κ1) is 22.4. The number of fused-ring (bicyclic) bond motifs is 3. The zero-order chi connectivity index (χ0) is 23.8. The number of carbonyl (C=O) groups excluding carboxylic acids is 2. The topological polar surface area (TPSA) is 95.9 Å². The Balaban J connectivity index is 1.20. The van der Waals surface area contributed by atoms with Crippen LogP contribution in [0.5, 0.6) is 0 Å². The summed E-state index contributed by atoms with van der Waals surface area (Å²) in [6.07, 6.45) is 2.14. The fraction of sp³-hybridized carbons (Fsp3) is 0.444. The highest BCUT2D eigenvalue weighted by Crippen LogP contribution is 2.44. The van der Waals surface area contributed by atoms with Gasteiger partial charge in [-0.25, -0.2) is 4.79 Å². The van der Waals surface area contributed by atoms with E-state index < -0.39 is 24.0 Å². The Labute approximate surface area is 199 Å². The molecule has 1 saturated heterocycles. The van der Waals surface area contributed by atoms with E-state index in [0.717, 1.165) is 35.1 Å². The van der Waals surface area contributed by atoms with E-state index >= 15 is 0 Å². The number of benzene rings is 2. The summed E-state index contributed by atoms with van der Waals surface area (Å²) in [5.74, 6) is -1.11. The summed E-state index contributed by atoms with van der Waals surface area (Å²) in [5.41, 5.74) is 4.61. The molecule has 3 aliphatic rings. The van der Waals surface area contributed by atoms with E-state index in [1.807, 2.05) is 24.3 Å². The van der Waals surface area contributed by atoms with Gasteiger partial charge in [0.2, 0.25) is 5.91 Å². The van der Waals surface area contributed by atoms with Crippen LogP contribution in [-0.2, 0) is 14.3 Å². The number of nitrogens with zero attached hydrogens (tertiary/aromatic N) is 1. The van der Waals surface area contributed by atoms with E-state index in [4.69, 9.17) is 4.74 Å². The molecular weight excluding hydrogens is 432 g/mol. The van der Waals surface area contributed by atoms with Crippen molar-refractivity contribution in [3.8, 4) is 11.1 Å². The van der Waals surface area contributed by atoms with Gasteiger partial charge >= 0.3 is 12.1 Å². The first-order valence-electron chi connectivity index (χ1n) is 12.1. The molecule has 1 saturated carbocycles. The van der Waals surface area contributed by atoms with E-state index in [2.05, 4.69) is 29.6 Å². The Morgan fingerprint density at radius 3 is 2.18 bits per heavy atom. The second-order valence-corrected chi connectivity index (χ2v) is 9.83. The molecule has 0 spiro atoms. The van der Waals surface area contributed by atoms with Crippen LogP contribution in [0.2, 0.25) is 0 Å². The number of rotatable bonds is 8. The molecule has 0 radical (unpaired) electrons. The van der Waals surface area contributed by atoms with Gasteiger partial charge in [-0.1, -0.05) is 68.3 Å². The molecule has 7 nitrogen and oxygen atoms in total. The van der Waals surface area contributed by atoms with Gasteiger partial charge in [0, 0.05) is 24.9 Å². The smallest absolute Gasteiger partial charge is 0.407 e. The summed E-state index contributed by atoms with van der Waals surface area (Å²) in [7, 11) is 0. The Kier molecular flexibility index (Phi) is 6.02. The van der Waals surface area contributed by atoms with Gasteiger partial charge in [0.15, 0.2) is 0 Å². The SMILES string of the molecule is CC(C(=O)O)C1CN(C(=O)C(CC2CC2)NC(=O)OCC2c3ccccc3-c3ccccc32)C1. The Morgan fingerprint density at radius 2 is 1.62 bits per heavy atom. The summed E-state index contributed by atoms with van der Waals surface area (Å²) >= 11 is 0. The number of nitrogens with one attached hydrogen (secondary N) is 1. The Morgan fingerprint density at radius 1 is 1.03 bits per heavy atom. The van der Waals surface area contributed by atoms with Crippen molar-refractivity contribution >= 4 is 18.0 Å². The molecule has 2 aromatic rings. The van der Waals surface area contributed by atoms with Gasteiger partial charge < -0.3 is 20.1 Å². The molecular formula is C27H30N2O5. The van der Waals surface area contributed by atoms with Crippen LogP contribution in [0.4, 0.5) is 4.79 Å². The van der Waals surface area contributed by atoms with Gasteiger partial charge in [-0.2, -0.15) is 0 Å². The van der Waals surface area contributed by atoms with E-state index in [1.54, 1.807) is 11.8 Å². The van der Waals surface area contributed by atoms with E-state index in [-0.39, 0.29) is 24.3 Å². The maximum Gasteiger partial charge on any atom is 0.407 e. The quantitative estimate of drug-likeness (QED) is 0.621. The molecule has 2 fully saturated rings. The van der Waals surface area contributed by atoms with Crippen LogP contribution in [-0.4, -0.2) is 53.7 Å². The molecule has 7 heteroatoms. The number of likely N-dealkylation sites (tertiary alicyclic amines) is 1. The van der Waals surface area contributed by atoms with Crippen molar-refractivity contribution in [2.45, 2.75) is 38.1 Å². The largest absolute Gasteiger partial charge is 0.481 e. The second-order valence-electron chi connectivity index (χ2n) is 9.83. The number of hydrogen-bond donors (Lipinski definition) is 2. The van der Waals surface area contributed by atoms with E-state index in [1.165, 1.54) is 0 Å². The molecule has 2 unspecified atom stereocenters. The summed E-state index contributed by atoms with van der Waals surface area (Å²) in [4.78, 5) is 38.7. The minimum atomic E-state index is -0.844. The average Bonchev–Trinajstić information content (AvgIpc) is 3.56. The highest BCUT2D eigenvalue weighted by molar-refractivity contribution is 5.86.